The molecule has 5 rings (SSSR count). The first-order valence-corrected chi connectivity index (χ1v) is 12.4. The smallest absolute Gasteiger partial charge is 0.274 e. The molecule has 0 unspecified atom stereocenters. The van der Waals surface area contributed by atoms with E-state index >= 15 is 8.78 Å². The first-order valence-electron chi connectivity index (χ1n) is 12.4. The number of amides is 1. The number of aromatic nitrogens is 2. The van der Waals surface area contributed by atoms with Crippen molar-refractivity contribution in [3.8, 4) is 11.8 Å². The van der Waals surface area contributed by atoms with Crippen LogP contribution in [0.4, 0.5) is 14.5 Å². The molecule has 0 aliphatic carbocycles. The number of carbonyl (C=O) groups is 1. The van der Waals surface area contributed by atoms with Gasteiger partial charge in [-0.3, -0.25) is 9.78 Å². The Bertz CT molecular complexity index is 1520. The molecule has 8 heteroatoms. The largest absolute Gasteiger partial charge is 0.322 e. The van der Waals surface area contributed by atoms with E-state index in [1.54, 1.807) is 36.7 Å². The second-order valence-corrected chi connectivity index (χ2v) is 9.35. The third kappa shape index (κ3) is 5.86. The number of benzene rings is 2. The Kier molecular flexibility index (Phi) is 7.40. The lowest BCUT2D eigenvalue weighted by atomic mass is 9.97. The maximum absolute atomic E-state index is 15.1. The van der Waals surface area contributed by atoms with Gasteiger partial charge in [-0.25, -0.2) is 13.8 Å². The lowest BCUT2D eigenvalue weighted by molar-refractivity contribution is -0.0216. The van der Waals surface area contributed by atoms with Crippen LogP contribution in [0, 0.1) is 11.8 Å². The summed E-state index contributed by atoms with van der Waals surface area (Å²) in [4.78, 5) is 23.3. The lowest BCUT2D eigenvalue weighted by Crippen LogP contribution is -2.34. The molecule has 0 saturated heterocycles. The molecule has 2 aromatic carbocycles. The fourth-order valence-corrected chi connectivity index (χ4v) is 4.37. The second kappa shape index (κ2) is 11.1. The van der Waals surface area contributed by atoms with Gasteiger partial charge in [-0.15, -0.1) is 0 Å². The molecule has 4 aromatic rings. The summed E-state index contributed by atoms with van der Waals surface area (Å²) in [6.45, 7) is 2.04. The van der Waals surface area contributed by atoms with Crippen LogP contribution in [0.15, 0.2) is 73.2 Å². The fourth-order valence-electron chi connectivity index (χ4n) is 4.37. The van der Waals surface area contributed by atoms with Gasteiger partial charge in [0, 0.05) is 73.2 Å². The van der Waals surface area contributed by atoms with Crippen molar-refractivity contribution in [1.82, 2.24) is 20.2 Å². The van der Waals surface area contributed by atoms with Crippen LogP contribution in [0.2, 0.25) is 0 Å². The van der Waals surface area contributed by atoms with Crippen molar-refractivity contribution in [3.63, 3.8) is 0 Å². The molecule has 1 amide bonds. The zero-order valence-corrected chi connectivity index (χ0v) is 21.0. The predicted octanol–water partition coefficient (Wildman–Crippen LogP) is 4.80. The third-order valence-electron chi connectivity index (χ3n) is 6.57. The number of halogens is 2. The molecule has 0 saturated carbocycles. The van der Waals surface area contributed by atoms with E-state index < -0.39 is 11.8 Å². The SMILES string of the molecule is CN1CCNCc2ccc(NC(=O)c3ccc(C#Cc4cncc5ccccc45)nc3)cc2C(F)(F)CC1. The van der Waals surface area contributed by atoms with Gasteiger partial charge in [-0.2, -0.15) is 0 Å². The van der Waals surface area contributed by atoms with Crippen LogP contribution in [0.25, 0.3) is 10.8 Å². The Morgan fingerprint density at radius 2 is 1.92 bits per heavy atom. The third-order valence-corrected chi connectivity index (χ3v) is 6.57. The minimum atomic E-state index is -3.01. The summed E-state index contributed by atoms with van der Waals surface area (Å²) in [5.74, 6) is 2.66. The van der Waals surface area contributed by atoms with Gasteiger partial charge in [0.05, 0.1) is 11.1 Å². The van der Waals surface area contributed by atoms with E-state index in [9.17, 15) is 4.79 Å². The van der Waals surface area contributed by atoms with Crippen molar-refractivity contribution >= 4 is 22.4 Å². The van der Waals surface area contributed by atoms with Gasteiger partial charge in [-0.1, -0.05) is 36.3 Å². The van der Waals surface area contributed by atoms with Crippen LogP contribution in [0.5, 0.6) is 0 Å². The Labute approximate surface area is 220 Å². The molecule has 1 aliphatic rings. The summed E-state index contributed by atoms with van der Waals surface area (Å²) in [7, 11) is 1.84. The molecule has 192 valence electrons. The molecule has 2 N–H and O–H groups in total. The number of likely N-dealkylation sites (N-methyl/N-ethyl adjacent to an activating group) is 1. The number of hydrogen-bond acceptors (Lipinski definition) is 5. The van der Waals surface area contributed by atoms with Gasteiger partial charge < -0.3 is 15.5 Å². The van der Waals surface area contributed by atoms with Crippen molar-refractivity contribution in [2.24, 2.45) is 0 Å². The van der Waals surface area contributed by atoms with E-state index in [-0.39, 0.29) is 18.5 Å². The van der Waals surface area contributed by atoms with Gasteiger partial charge >= 0.3 is 0 Å². The molecule has 0 atom stereocenters. The summed E-state index contributed by atoms with van der Waals surface area (Å²) in [6.07, 6.45) is 4.64. The van der Waals surface area contributed by atoms with Crippen LogP contribution >= 0.6 is 0 Å². The number of rotatable bonds is 2. The number of carbonyl (C=O) groups excluding carboxylic acids is 1. The lowest BCUT2D eigenvalue weighted by Gasteiger charge is -2.26. The number of pyridine rings is 2. The number of nitrogens with zero attached hydrogens (tertiary/aromatic N) is 3. The molecule has 3 heterocycles. The number of hydrogen-bond donors (Lipinski definition) is 2. The highest BCUT2D eigenvalue weighted by Gasteiger charge is 2.34. The Morgan fingerprint density at radius 1 is 1.05 bits per heavy atom. The van der Waals surface area contributed by atoms with Crippen molar-refractivity contribution in [2.45, 2.75) is 18.9 Å². The molecular weight excluding hydrogens is 484 g/mol. The average Bonchev–Trinajstić information content (AvgIpc) is 2.93. The Hall–Kier alpha value is -4.19. The molecule has 0 radical (unpaired) electrons. The standard InChI is InChI=1S/C30H27F2N5O/c1-37-14-12-30(31,32)28-16-26(11-7-23(28)19-33-13-15-37)36-29(38)24-8-10-25(35-20-24)9-6-22-18-34-17-21-4-2-3-5-27(21)22/h2-5,7-8,10-11,16-18,20,33H,12-15,19H2,1H3,(H,36,38). The summed E-state index contributed by atoms with van der Waals surface area (Å²) in [6, 6.07) is 15.8. The fraction of sp³-hybridized carbons (Fsp3) is 0.233. The van der Waals surface area contributed by atoms with Gasteiger partial charge in [0.15, 0.2) is 0 Å². The summed E-state index contributed by atoms with van der Waals surface area (Å²) < 4.78 is 30.2. The molecule has 0 bridgehead atoms. The summed E-state index contributed by atoms with van der Waals surface area (Å²) in [5.41, 5.74) is 2.37. The van der Waals surface area contributed by atoms with E-state index in [1.807, 2.05) is 36.2 Å². The molecule has 1 aliphatic heterocycles. The minimum absolute atomic E-state index is 0.0650. The van der Waals surface area contributed by atoms with Gasteiger partial charge in [0.2, 0.25) is 0 Å². The molecule has 0 fully saturated rings. The van der Waals surface area contributed by atoms with Crippen molar-refractivity contribution in [2.75, 3.05) is 32.0 Å². The maximum Gasteiger partial charge on any atom is 0.274 e. The maximum atomic E-state index is 15.1. The summed E-state index contributed by atoms with van der Waals surface area (Å²) in [5, 5.41) is 7.95. The molecule has 0 spiro atoms. The summed E-state index contributed by atoms with van der Waals surface area (Å²) >= 11 is 0. The molecular formula is C30H27F2N5O. The van der Waals surface area contributed by atoms with Crippen molar-refractivity contribution in [1.29, 1.82) is 0 Å². The average molecular weight is 512 g/mol. The zero-order chi connectivity index (χ0) is 26.5. The predicted molar refractivity (Wildman–Crippen MR) is 144 cm³/mol. The first-order chi connectivity index (χ1) is 18.4. The first kappa shape index (κ1) is 25.5. The van der Waals surface area contributed by atoms with Crippen LogP contribution in [-0.4, -0.2) is 47.5 Å². The van der Waals surface area contributed by atoms with Crippen LogP contribution in [-0.2, 0) is 12.5 Å². The highest BCUT2D eigenvalue weighted by atomic mass is 19.3. The molecule has 6 nitrogen and oxygen atoms in total. The quantitative estimate of drug-likeness (QED) is 0.379. The van der Waals surface area contributed by atoms with Crippen LogP contribution in [0.1, 0.15) is 39.2 Å². The van der Waals surface area contributed by atoms with Gasteiger partial charge in [-0.05, 0) is 42.8 Å². The van der Waals surface area contributed by atoms with Crippen LogP contribution < -0.4 is 10.6 Å². The molecule has 2 aromatic heterocycles. The monoisotopic (exact) mass is 511 g/mol. The van der Waals surface area contributed by atoms with E-state index in [0.29, 0.717) is 42.1 Å². The van der Waals surface area contributed by atoms with Gasteiger partial charge in [0.1, 0.15) is 5.69 Å². The zero-order valence-electron chi connectivity index (χ0n) is 21.0. The normalized spacial score (nSPS) is 15.7. The molecule has 38 heavy (non-hydrogen) atoms. The van der Waals surface area contributed by atoms with E-state index in [2.05, 4.69) is 32.4 Å². The van der Waals surface area contributed by atoms with Gasteiger partial charge in [0.25, 0.3) is 11.8 Å². The number of alkyl halides is 2. The van der Waals surface area contributed by atoms with E-state index in [1.165, 1.54) is 12.3 Å². The Balaban J connectivity index is 1.31. The number of fused-ring (bicyclic) bond motifs is 2. The second-order valence-electron chi connectivity index (χ2n) is 9.35. The highest BCUT2D eigenvalue weighted by molar-refractivity contribution is 6.04. The minimum Gasteiger partial charge on any atom is -0.322 e. The van der Waals surface area contributed by atoms with Crippen molar-refractivity contribution in [3.05, 3.63) is 101 Å². The number of nitrogens with one attached hydrogen (secondary N) is 2. The van der Waals surface area contributed by atoms with Crippen molar-refractivity contribution < 1.29 is 13.6 Å². The van der Waals surface area contributed by atoms with E-state index in [0.717, 1.165) is 16.3 Å². The Morgan fingerprint density at radius 3 is 2.76 bits per heavy atom. The van der Waals surface area contributed by atoms with E-state index in [4.69, 9.17) is 0 Å². The topological polar surface area (TPSA) is 70.2 Å². The highest BCUT2D eigenvalue weighted by Crippen LogP contribution is 2.36. The van der Waals surface area contributed by atoms with Crippen LogP contribution in [0.3, 0.4) is 0 Å². The number of anilines is 1.